The van der Waals surface area contributed by atoms with Crippen LogP contribution in [0, 0.1) is 0 Å². The lowest BCUT2D eigenvalue weighted by Crippen LogP contribution is -2.03. The Bertz CT molecular complexity index is 989. The van der Waals surface area contributed by atoms with Gasteiger partial charge in [-0.15, -0.1) is 11.3 Å². The Morgan fingerprint density at radius 1 is 0.962 bits per heavy atom. The van der Waals surface area contributed by atoms with E-state index < -0.39 is 5.97 Å². The van der Waals surface area contributed by atoms with Gasteiger partial charge in [-0.25, -0.2) is 9.78 Å². The molecule has 0 unspecified atom stereocenters. The molecule has 2 heterocycles. The van der Waals surface area contributed by atoms with Crippen LogP contribution in [0.4, 0.5) is 0 Å². The molecule has 0 bridgehead atoms. The van der Waals surface area contributed by atoms with Crippen LogP contribution in [-0.4, -0.2) is 11.0 Å². The van der Waals surface area contributed by atoms with Crippen molar-refractivity contribution in [2.24, 2.45) is 0 Å². The highest BCUT2D eigenvalue weighted by atomic mass is 32.1. The van der Waals surface area contributed by atoms with E-state index in [0.29, 0.717) is 5.76 Å². The van der Waals surface area contributed by atoms with Crippen molar-refractivity contribution < 1.29 is 18.7 Å². The predicted octanol–water partition coefficient (Wildman–Crippen LogP) is 4.83. The normalized spacial score (nSPS) is 10.8. The first kappa shape index (κ1) is 16.4. The predicted molar refractivity (Wildman–Crippen MR) is 98.2 cm³/mol. The quantitative estimate of drug-likeness (QED) is 0.458. The van der Waals surface area contributed by atoms with Crippen LogP contribution in [0.15, 0.2) is 71.1 Å². The van der Waals surface area contributed by atoms with Gasteiger partial charge in [-0.3, -0.25) is 0 Å². The number of furan rings is 1. The van der Waals surface area contributed by atoms with Crippen LogP contribution >= 0.6 is 11.3 Å². The van der Waals surface area contributed by atoms with Gasteiger partial charge in [-0.2, -0.15) is 0 Å². The molecule has 26 heavy (non-hydrogen) atoms. The molecule has 4 rings (SSSR count). The fraction of sp³-hybridized carbons (Fsp3) is 0.100. The van der Waals surface area contributed by atoms with Crippen LogP contribution < -0.4 is 4.74 Å². The van der Waals surface area contributed by atoms with Gasteiger partial charge in [0.15, 0.2) is 0 Å². The van der Waals surface area contributed by atoms with E-state index in [2.05, 4.69) is 4.98 Å². The van der Waals surface area contributed by atoms with Gasteiger partial charge in [-0.05, 0) is 36.4 Å². The van der Waals surface area contributed by atoms with Gasteiger partial charge in [0.25, 0.3) is 0 Å². The number of ether oxygens (including phenoxy) is 2. The highest BCUT2D eigenvalue weighted by Crippen LogP contribution is 2.22. The van der Waals surface area contributed by atoms with Gasteiger partial charge in [0.2, 0.25) is 5.76 Å². The lowest BCUT2D eigenvalue weighted by Gasteiger charge is -2.03. The number of fused-ring (bicyclic) bond motifs is 1. The van der Waals surface area contributed by atoms with Crippen molar-refractivity contribution in [3.05, 3.63) is 83.3 Å². The van der Waals surface area contributed by atoms with Crippen molar-refractivity contribution >= 4 is 27.5 Å². The molecule has 0 saturated carbocycles. The van der Waals surface area contributed by atoms with E-state index in [1.807, 2.05) is 54.6 Å². The molecule has 0 fully saturated rings. The summed E-state index contributed by atoms with van der Waals surface area (Å²) in [7, 11) is 0. The molecule has 0 radical (unpaired) electrons. The van der Waals surface area contributed by atoms with E-state index >= 15 is 0 Å². The zero-order chi connectivity index (χ0) is 17.8. The first-order valence-corrected chi connectivity index (χ1v) is 8.88. The number of para-hydroxylation sites is 2. The number of carbonyl (C=O) groups excluding carboxylic acids is 1. The Labute approximate surface area is 153 Å². The molecule has 0 saturated heterocycles. The number of hydrogen-bond acceptors (Lipinski definition) is 6. The third-order valence-corrected chi connectivity index (χ3v) is 4.66. The standard InChI is InChI=1S/C20H15NO4S/c22-20(24-13-19-21-16-8-4-5-9-18(16)26-19)17-11-10-15(25-17)12-23-14-6-2-1-3-7-14/h1-11H,12-13H2. The largest absolute Gasteiger partial charge is 0.486 e. The molecule has 0 atom stereocenters. The van der Waals surface area contributed by atoms with Crippen LogP contribution in [0.1, 0.15) is 21.3 Å². The summed E-state index contributed by atoms with van der Waals surface area (Å²) in [5.74, 6) is 0.928. The van der Waals surface area contributed by atoms with E-state index in [4.69, 9.17) is 13.9 Å². The number of aromatic nitrogens is 1. The summed E-state index contributed by atoms with van der Waals surface area (Å²) in [6.07, 6.45) is 0. The van der Waals surface area contributed by atoms with Crippen LogP contribution in [0.5, 0.6) is 5.75 Å². The third kappa shape index (κ3) is 3.75. The molecular weight excluding hydrogens is 350 g/mol. The number of rotatable bonds is 6. The van der Waals surface area contributed by atoms with E-state index in [1.54, 1.807) is 12.1 Å². The van der Waals surface area contributed by atoms with E-state index in [1.165, 1.54) is 11.3 Å². The number of benzene rings is 2. The second-order valence-electron chi connectivity index (χ2n) is 5.52. The molecule has 0 spiro atoms. The minimum Gasteiger partial charge on any atom is -0.486 e. The highest BCUT2D eigenvalue weighted by molar-refractivity contribution is 7.18. The van der Waals surface area contributed by atoms with Crippen LogP contribution in [-0.2, 0) is 18.0 Å². The minimum atomic E-state index is -0.518. The fourth-order valence-electron chi connectivity index (χ4n) is 2.42. The molecule has 6 heteroatoms. The van der Waals surface area contributed by atoms with Crippen molar-refractivity contribution in [1.29, 1.82) is 0 Å². The molecule has 0 N–H and O–H groups in total. The van der Waals surface area contributed by atoms with E-state index in [0.717, 1.165) is 21.0 Å². The Morgan fingerprint density at radius 2 is 1.77 bits per heavy atom. The summed E-state index contributed by atoms with van der Waals surface area (Å²) in [6.45, 7) is 0.365. The van der Waals surface area contributed by atoms with Gasteiger partial charge < -0.3 is 13.9 Å². The second kappa shape index (κ2) is 7.41. The maximum absolute atomic E-state index is 12.1. The van der Waals surface area contributed by atoms with Gasteiger partial charge in [0, 0.05) is 0 Å². The highest BCUT2D eigenvalue weighted by Gasteiger charge is 2.14. The average Bonchev–Trinajstić information content (AvgIpc) is 3.32. The second-order valence-corrected chi connectivity index (χ2v) is 6.63. The zero-order valence-electron chi connectivity index (χ0n) is 13.8. The van der Waals surface area contributed by atoms with Crippen LogP contribution in [0.2, 0.25) is 0 Å². The molecule has 0 aliphatic rings. The monoisotopic (exact) mass is 365 g/mol. The molecule has 4 aromatic rings. The van der Waals surface area contributed by atoms with Crippen molar-refractivity contribution in [2.75, 3.05) is 0 Å². The SMILES string of the molecule is O=C(OCc1nc2ccccc2s1)c1ccc(COc2ccccc2)o1. The molecule has 2 aromatic carbocycles. The lowest BCUT2D eigenvalue weighted by atomic mass is 10.3. The fourth-order valence-corrected chi connectivity index (χ4v) is 3.30. The lowest BCUT2D eigenvalue weighted by molar-refractivity contribution is 0.0432. The van der Waals surface area contributed by atoms with Crippen molar-refractivity contribution in [2.45, 2.75) is 13.2 Å². The first-order chi connectivity index (χ1) is 12.8. The Hall–Kier alpha value is -3.12. The maximum atomic E-state index is 12.1. The first-order valence-electron chi connectivity index (χ1n) is 8.06. The average molecular weight is 365 g/mol. The molecule has 0 aliphatic carbocycles. The van der Waals surface area contributed by atoms with Crippen LogP contribution in [0.25, 0.3) is 10.2 Å². The summed E-state index contributed by atoms with van der Waals surface area (Å²) in [5, 5.41) is 0.749. The van der Waals surface area contributed by atoms with E-state index in [-0.39, 0.29) is 19.0 Å². The molecule has 2 aromatic heterocycles. The van der Waals surface area contributed by atoms with E-state index in [9.17, 15) is 4.79 Å². The minimum absolute atomic E-state index is 0.120. The molecule has 0 amide bonds. The van der Waals surface area contributed by atoms with Gasteiger partial charge in [0.1, 0.15) is 29.7 Å². The van der Waals surface area contributed by atoms with Gasteiger partial charge in [0.05, 0.1) is 10.2 Å². The van der Waals surface area contributed by atoms with Gasteiger partial charge >= 0.3 is 5.97 Å². The molecular formula is C20H15NO4S. The maximum Gasteiger partial charge on any atom is 0.374 e. The van der Waals surface area contributed by atoms with Crippen molar-refractivity contribution in [3.63, 3.8) is 0 Å². The topological polar surface area (TPSA) is 61.6 Å². The summed E-state index contributed by atoms with van der Waals surface area (Å²) in [5.41, 5.74) is 0.905. The Balaban J connectivity index is 1.34. The zero-order valence-corrected chi connectivity index (χ0v) is 14.6. The number of nitrogens with zero attached hydrogens (tertiary/aromatic N) is 1. The Kier molecular flexibility index (Phi) is 4.66. The summed E-state index contributed by atoms with van der Waals surface area (Å²) >= 11 is 1.51. The molecule has 5 nitrogen and oxygen atoms in total. The van der Waals surface area contributed by atoms with Gasteiger partial charge in [-0.1, -0.05) is 30.3 Å². The summed E-state index contributed by atoms with van der Waals surface area (Å²) in [4.78, 5) is 16.6. The summed E-state index contributed by atoms with van der Waals surface area (Å²) in [6, 6.07) is 20.5. The van der Waals surface area contributed by atoms with Crippen LogP contribution in [0.3, 0.4) is 0 Å². The third-order valence-electron chi connectivity index (χ3n) is 3.65. The number of hydrogen-bond donors (Lipinski definition) is 0. The number of carbonyl (C=O) groups is 1. The molecule has 0 aliphatic heterocycles. The smallest absolute Gasteiger partial charge is 0.374 e. The molecule has 130 valence electrons. The number of esters is 1. The van der Waals surface area contributed by atoms with Crippen molar-refractivity contribution in [3.8, 4) is 5.75 Å². The van der Waals surface area contributed by atoms with Crippen molar-refractivity contribution in [1.82, 2.24) is 4.98 Å². The number of thiazole rings is 1. The summed E-state index contributed by atoms with van der Waals surface area (Å²) < 4.78 is 17.5. The Morgan fingerprint density at radius 3 is 2.62 bits per heavy atom.